The molecule has 3 rings (SSSR count). The quantitative estimate of drug-likeness (QED) is 0.363. The van der Waals surface area contributed by atoms with Crippen LogP contribution in [0.15, 0.2) is 60.7 Å². The van der Waals surface area contributed by atoms with Crippen LogP contribution >= 0.6 is 23.2 Å². The minimum Gasteiger partial charge on any atom is -0.486 e. The predicted molar refractivity (Wildman–Crippen MR) is 108 cm³/mol. The summed E-state index contributed by atoms with van der Waals surface area (Å²) in [6.45, 7) is 0.573. The van der Waals surface area contributed by atoms with Gasteiger partial charge in [-0.2, -0.15) is 0 Å². The maximum atomic E-state index is 13.0. The van der Waals surface area contributed by atoms with Crippen molar-refractivity contribution < 1.29 is 14.1 Å². The number of nitro groups is 1. The van der Waals surface area contributed by atoms with E-state index in [2.05, 4.69) is 5.32 Å². The third kappa shape index (κ3) is 5.12. The lowest BCUT2D eigenvalue weighted by Gasteiger charge is -2.13. The Kier molecular flexibility index (Phi) is 6.34. The first kappa shape index (κ1) is 19.9. The van der Waals surface area contributed by atoms with Gasteiger partial charge in [-0.3, -0.25) is 10.1 Å². The van der Waals surface area contributed by atoms with Gasteiger partial charge < -0.3 is 10.1 Å². The lowest BCUT2D eigenvalue weighted by Crippen LogP contribution is -2.02. The summed E-state index contributed by atoms with van der Waals surface area (Å²) in [7, 11) is 0. The first-order chi connectivity index (χ1) is 13.4. The SMILES string of the molecule is O=[N+]([O-])c1cccc(NCc2cc(Cl)c(OCc3ccc(F)cc3)c(Cl)c2)c1. The summed E-state index contributed by atoms with van der Waals surface area (Å²) < 4.78 is 18.6. The van der Waals surface area contributed by atoms with E-state index in [0.29, 0.717) is 28.0 Å². The average molecular weight is 421 g/mol. The van der Waals surface area contributed by atoms with Crippen LogP contribution in [0.1, 0.15) is 11.1 Å². The molecule has 0 unspecified atom stereocenters. The normalized spacial score (nSPS) is 10.5. The summed E-state index contributed by atoms with van der Waals surface area (Å²) in [6.07, 6.45) is 0. The summed E-state index contributed by atoms with van der Waals surface area (Å²) >= 11 is 12.6. The van der Waals surface area contributed by atoms with Crippen LogP contribution in [0.5, 0.6) is 5.75 Å². The second-order valence-corrected chi connectivity index (χ2v) is 6.78. The standard InChI is InChI=1S/C20H15Cl2FN2O3/c21-18-8-14(11-24-16-2-1-3-17(10-16)25(26)27)9-19(22)20(18)28-12-13-4-6-15(23)7-5-13/h1-10,24H,11-12H2. The zero-order chi connectivity index (χ0) is 20.1. The van der Waals surface area contributed by atoms with E-state index in [1.54, 1.807) is 36.4 Å². The Morgan fingerprint density at radius 2 is 1.68 bits per heavy atom. The van der Waals surface area contributed by atoms with Crippen LogP contribution in [0.2, 0.25) is 10.0 Å². The number of nitrogens with zero attached hydrogens (tertiary/aromatic N) is 1. The van der Waals surface area contributed by atoms with Gasteiger partial charge >= 0.3 is 0 Å². The van der Waals surface area contributed by atoms with Crippen molar-refractivity contribution in [1.29, 1.82) is 0 Å². The monoisotopic (exact) mass is 420 g/mol. The molecule has 5 nitrogen and oxygen atoms in total. The van der Waals surface area contributed by atoms with Gasteiger partial charge in [-0.25, -0.2) is 4.39 Å². The Labute approximate surface area is 170 Å². The lowest BCUT2D eigenvalue weighted by molar-refractivity contribution is -0.384. The van der Waals surface area contributed by atoms with Gasteiger partial charge in [-0.15, -0.1) is 0 Å². The number of benzene rings is 3. The highest BCUT2D eigenvalue weighted by Gasteiger charge is 2.11. The van der Waals surface area contributed by atoms with Gasteiger partial charge in [0.15, 0.2) is 5.75 Å². The third-order valence-corrected chi connectivity index (χ3v) is 4.47. The fraction of sp³-hybridized carbons (Fsp3) is 0.100. The molecule has 0 aliphatic carbocycles. The molecule has 0 aliphatic heterocycles. The molecule has 144 valence electrons. The molecular weight excluding hydrogens is 406 g/mol. The molecule has 0 spiro atoms. The molecule has 0 aliphatic rings. The van der Waals surface area contributed by atoms with E-state index in [4.69, 9.17) is 27.9 Å². The highest BCUT2D eigenvalue weighted by Crippen LogP contribution is 2.35. The maximum Gasteiger partial charge on any atom is 0.271 e. The number of anilines is 1. The van der Waals surface area contributed by atoms with Crippen molar-refractivity contribution in [3.8, 4) is 5.75 Å². The predicted octanol–water partition coefficient (Wildman–Crippen LogP) is 6.23. The van der Waals surface area contributed by atoms with Gasteiger partial charge in [-0.1, -0.05) is 41.4 Å². The first-order valence-corrected chi connectivity index (χ1v) is 9.01. The third-order valence-electron chi connectivity index (χ3n) is 3.91. The van der Waals surface area contributed by atoms with Gasteiger partial charge in [0.05, 0.1) is 15.0 Å². The van der Waals surface area contributed by atoms with Gasteiger partial charge in [-0.05, 0) is 41.5 Å². The molecule has 0 atom stereocenters. The van der Waals surface area contributed by atoms with E-state index in [1.807, 2.05) is 0 Å². The second-order valence-electron chi connectivity index (χ2n) is 5.96. The number of hydrogen-bond donors (Lipinski definition) is 1. The smallest absolute Gasteiger partial charge is 0.271 e. The van der Waals surface area contributed by atoms with E-state index >= 15 is 0 Å². The van der Waals surface area contributed by atoms with E-state index < -0.39 is 4.92 Å². The van der Waals surface area contributed by atoms with Crippen LogP contribution in [0.25, 0.3) is 0 Å². The molecule has 0 fully saturated rings. The number of halogens is 3. The molecular formula is C20H15Cl2FN2O3. The molecule has 0 radical (unpaired) electrons. The van der Waals surface area contributed by atoms with Crippen LogP contribution < -0.4 is 10.1 Å². The molecule has 0 saturated heterocycles. The number of hydrogen-bond acceptors (Lipinski definition) is 4. The van der Waals surface area contributed by atoms with Crippen molar-refractivity contribution in [2.24, 2.45) is 0 Å². The molecule has 3 aromatic rings. The Morgan fingerprint density at radius 1 is 1.00 bits per heavy atom. The van der Waals surface area contributed by atoms with Crippen LogP contribution in [-0.4, -0.2) is 4.92 Å². The summed E-state index contributed by atoms with van der Waals surface area (Å²) in [6, 6.07) is 15.6. The largest absolute Gasteiger partial charge is 0.486 e. The number of non-ortho nitro benzene ring substituents is 1. The van der Waals surface area contributed by atoms with Gasteiger partial charge in [0, 0.05) is 24.4 Å². The van der Waals surface area contributed by atoms with Gasteiger partial charge in [0.25, 0.3) is 5.69 Å². The Morgan fingerprint density at radius 3 is 2.32 bits per heavy atom. The highest BCUT2D eigenvalue weighted by molar-refractivity contribution is 6.37. The molecule has 0 heterocycles. The zero-order valence-corrected chi connectivity index (χ0v) is 16.0. The summed E-state index contributed by atoms with van der Waals surface area (Å²) in [4.78, 5) is 10.4. The molecule has 0 amide bonds. The summed E-state index contributed by atoms with van der Waals surface area (Å²) in [5.74, 6) is 0.0205. The van der Waals surface area contributed by atoms with Crippen molar-refractivity contribution in [2.75, 3.05) is 5.32 Å². The fourth-order valence-corrected chi connectivity index (χ4v) is 3.16. The molecule has 0 aromatic heterocycles. The summed E-state index contributed by atoms with van der Waals surface area (Å²) in [5.41, 5.74) is 2.18. The molecule has 3 aromatic carbocycles. The number of ether oxygens (including phenoxy) is 1. The van der Waals surface area contributed by atoms with Crippen LogP contribution in [0.4, 0.5) is 15.8 Å². The van der Waals surface area contributed by atoms with Crippen molar-refractivity contribution in [1.82, 2.24) is 0 Å². The first-order valence-electron chi connectivity index (χ1n) is 8.26. The van der Waals surface area contributed by atoms with Crippen LogP contribution in [-0.2, 0) is 13.2 Å². The number of nitro benzene ring substituents is 1. The van der Waals surface area contributed by atoms with Gasteiger partial charge in [0.1, 0.15) is 12.4 Å². The minimum atomic E-state index is -0.452. The van der Waals surface area contributed by atoms with Crippen molar-refractivity contribution >= 4 is 34.6 Å². The topological polar surface area (TPSA) is 64.4 Å². The summed E-state index contributed by atoms with van der Waals surface area (Å²) in [5, 5.41) is 14.6. The maximum absolute atomic E-state index is 13.0. The van der Waals surface area contributed by atoms with Gasteiger partial charge in [0.2, 0.25) is 0 Å². The second kappa shape index (κ2) is 8.91. The number of rotatable bonds is 7. The van der Waals surface area contributed by atoms with Crippen molar-refractivity contribution in [2.45, 2.75) is 13.2 Å². The minimum absolute atomic E-state index is 0.00519. The van der Waals surface area contributed by atoms with Crippen molar-refractivity contribution in [3.63, 3.8) is 0 Å². The Bertz CT molecular complexity index is 974. The molecule has 1 N–H and O–H groups in total. The Balaban J connectivity index is 1.66. The van der Waals surface area contributed by atoms with E-state index in [9.17, 15) is 14.5 Å². The molecule has 28 heavy (non-hydrogen) atoms. The van der Waals surface area contributed by atoms with E-state index in [1.165, 1.54) is 24.3 Å². The van der Waals surface area contributed by atoms with E-state index in [-0.39, 0.29) is 18.1 Å². The fourth-order valence-electron chi connectivity index (χ4n) is 2.52. The lowest BCUT2D eigenvalue weighted by atomic mass is 10.2. The molecule has 0 bridgehead atoms. The van der Waals surface area contributed by atoms with Crippen molar-refractivity contribution in [3.05, 3.63) is 97.8 Å². The van der Waals surface area contributed by atoms with E-state index in [0.717, 1.165) is 11.1 Å². The zero-order valence-electron chi connectivity index (χ0n) is 14.5. The van der Waals surface area contributed by atoms with Crippen LogP contribution in [0, 0.1) is 15.9 Å². The highest BCUT2D eigenvalue weighted by atomic mass is 35.5. The molecule has 0 saturated carbocycles. The Hall–Kier alpha value is -2.83. The molecule has 8 heteroatoms. The number of nitrogens with one attached hydrogen (secondary N) is 1. The average Bonchev–Trinajstić information content (AvgIpc) is 2.67. The van der Waals surface area contributed by atoms with Crippen LogP contribution in [0.3, 0.4) is 0 Å².